The molecular weight excluding hydrogens is 349 g/mol. The molecule has 0 heterocycles. The van der Waals surface area contributed by atoms with E-state index in [2.05, 4.69) is 5.32 Å². The maximum Gasteiger partial charge on any atom is 0.311 e. The molecule has 126 valence electrons. The lowest BCUT2D eigenvalue weighted by molar-refractivity contribution is -0.154. The molecule has 1 atom stereocenters. The number of rotatable bonds is 6. The summed E-state index contributed by atoms with van der Waals surface area (Å²) in [6.07, 6.45) is -0.885. The highest BCUT2D eigenvalue weighted by atomic mass is 35.5. The van der Waals surface area contributed by atoms with E-state index in [-0.39, 0.29) is 18.9 Å². The highest BCUT2D eigenvalue weighted by molar-refractivity contribution is 6.31. The molecule has 0 aliphatic rings. The molecule has 4 nitrogen and oxygen atoms in total. The summed E-state index contributed by atoms with van der Waals surface area (Å²) >= 11 is 12.0. The third-order valence-electron chi connectivity index (χ3n) is 3.38. The van der Waals surface area contributed by atoms with E-state index in [0.717, 1.165) is 5.56 Å². The SMILES string of the molecule is C[C@@H](OC(=O)Cc1ccccc1Cl)C(=O)NCc1ccccc1Cl. The Labute approximate surface area is 150 Å². The number of carbonyl (C=O) groups excluding carboxylic acids is 2. The van der Waals surface area contributed by atoms with Crippen LogP contribution in [0.5, 0.6) is 0 Å². The van der Waals surface area contributed by atoms with Crippen LogP contribution in [-0.4, -0.2) is 18.0 Å². The van der Waals surface area contributed by atoms with Crippen LogP contribution in [0.15, 0.2) is 48.5 Å². The van der Waals surface area contributed by atoms with Crippen LogP contribution in [0.25, 0.3) is 0 Å². The largest absolute Gasteiger partial charge is 0.452 e. The quantitative estimate of drug-likeness (QED) is 0.792. The third-order valence-corrected chi connectivity index (χ3v) is 4.12. The van der Waals surface area contributed by atoms with Crippen molar-refractivity contribution in [2.75, 3.05) is 0 Å². The van der Waals surface area contributed by atoms with Crippen molar-refractivity contribution in [2.45, 2.75) is 26.0 Å². The number of esters is 1. The van der Waals surface area contributed by atoms with Gasteiger partial charge in [-0.15, -0.1) is 0 Å². The van der Waals surface area contributed by atoms with Gasteiger partial charge in [-0.25, -0.2) is 0 Å². The summed E-state index contributed by atoms with van der Waals surface area (Å²) in [5.74, 6) is -0.897. The van der Waals surface area contributed by atoms with E-state index in [1.165, 1.54) is 6.92 Å². The minimum absolute atomic E-state index is 0.0157. The number of halogens is 2. The zero-order valence-electron chi connectivity index (χ0n) is 13.1. The summed E-state index contributed by atoms with van der Waals surface area (Å²) in [7, 11) is 0. The van der Waals surface area contributed by atoms with Gasteiger partial charge in [0, 0.05) is 16.6 Å². The molecule has 2 rings (SSSR count). The molecule has 1 N–H and O–H groups in total. The van der Waals surface area contributed by atoms with Gasteiger partial charge in [0.1, 0.15) is 0 Å². The third kappa shape index (κ3) is 5.25. The van der Waals surface area contributed by atoms with E-state index in [1.807, 2.05) is 18.2 Å². The zero-order valence-corrected chi connectivity index (χ0v) is 14.6. The maximum absolute atomic E-state index is 12.0. The highest BCUT2D eigenvalue weighted by Crippen LogP contribution is 2.16. The Bertz CT molecular complexity index is 734. The minimum atomic E-state index is -0.900. The summed E-state index contributed by atoms with van der Waals surface area (Å²) in [5, 5.41) is 3.76. The molecule has 0 spiro atoms. The minimum Gasteiger partial charge on any atom is -0.452 e. The lowest BCUT2D eigenvalue weighted by Gasteiger charge is -2.14. The van der Waals surface area contributed by atoms with Gasteiger partial charge >= 0.3 is 5.97 Å². The number of amides is 1. The van der Waals surface area contributed by atoms with Crippen LogP contribution in [0.3, 0.4) is 0 Å². The zero-order chi connectivity index (χ0) is 17.5. The fraction of sp³-hybridized carbons (Fsp3) is 0.222. The molecule has 0 unspecified atom stereocenters. The average molecular weight is 366 g/mol. The second-order valence-corrected chi connectivity index (χ2v) is 6.02. The number of nitrogens with one attached hydrogen (secondary N) is 1. The van der Waals surface area contributed by atoms with E-state index in [4.69, 9.17) is 27.9 Å². The predicted molar refractivity (Wildman–Crippen MR) is 94.0 cm³/mol. The van der Waals surface area contributed by atoms with Gasteiger partial charge in [-0.2, -0.15) is 0 Å². The standard InChI is InChI=1S/C18H17Cl2NO3/c1-12(18(23)21-11-14-7-3-5-9-16(14)20)24-17(22)10-13-6-2-4-8-15(13)19/h2-9,12H,10-11H2,1H3,(H,21,23)/t12-/m1/s1. The van der Waals surface area contributed by atoms with Gasteiger partial charge in [0.05, 0.1) is 6.42 Å². The van der Waals surface area contributed by atoms with Crippen LogP contribution >= 0.6 is 23.2 Å². The van der Waals surface area contributed by atoms with Crippen molar-refractivity contribution < 1.29 is 14.3 Å². The van der Waals surface area contributed by atoms with E-state index in [1.54, 1.807) is 30.3 Å². The Balaban J connectivity index is 1.84. The molecule has 0 bridgehead atoms. The Morgan fingerprint density at radius 3 is 2.12 bits per heavy atom. The first-order valence-electron chi connectivity index (χ1n) is 7.41. The molecule has 6 heteroatoms. The molecule has 24 heavy (non-hydrogen) atoms. The molecule has 0 fully saturated rings. The van der Waals surface area contributed by atoms with Crippen molar-refractivity contribution in [3.63, 3.8) is 0 Å². The summed E-state index contributed by atoms with van der Waals surface area (Å²) in [6.45, 7) is 1.79. The Hall–Kier alpha value is -2.04. The topological polar surface area (TPSA) is 55.4 Å². The van der Waals surface area contributed by atoms with Gasteiger partial charge in [0.15, 0.2) is 6.10 Å². The lowest BCUT2D eigenvalue weighted by Crippen LogP contribution is -2.35. The summed E-state index contributed by atoms with van der Waals surface area (Å²) in [6, 6.07) is 14.2. The summed E-state index contributed by atoms with van der Waals surface area (Å²) < 4.78 is 5.15. The van der Waals surface area contributed by atoms with Crippen molar-refractivity contribution in [1.82, 2.24) is 5.32 Å². The Morgan fingerprint density at radius 1 is 1.00 bits per heavy atom. The molecule has 0 saturated heterocycles. The van der Waals surface area contributed by atoms with E-state index >= 15 is 0 Å². The van der Waals surface area contributed by atoms with Crippen molar-refractivity contribution in [3.8, 4) is 0 Å². The monoisotopic (exact) mass is 365 g/mol. The van der Waals surface area contributed by atoms with Gasteiger partial charge in [-0.05, 0) is 30.2 Å². The first-order valence-corrected chi connectivity index (χ1v) is 8.17. The average Bonchev–Trinajstić information content (AvgIpc) is 2.56. The Kier molecular flexibility index (Phi) is 6.64. The first-order chi connectivity index (χ1) is 11.5. The van der Waals surface area contributed by atoms with E-state index < -0.39 is 12.1 Å². The van der Waals surface area contributed by atoms with Crippen LogP contribution in [0.2, 0.25) is 10.0 Å². The lowest BCUT2D eigenvalue weighted by atomic mass is 10.1. The van der Waals surface area contributed by atoms with Crippen molar-refractivity contribution in [2.24, 2.45) is 0 Å². The van der Waals surface area contributed by atoms with Gasteiger partial charge in [0.25, 0.3) is 5.91 Å². The predicted octanol–water partition coefficient (Wildman–Crippen LogP) is 3.78. The molecule has 0 aliphatic heterocycles. The fourth-order valence-electron chi connectivity index (χ4n) is 2.06. The molecule has 1 amide bonds. The number of hydrogen-bond acceptors (Lipinski definition) is 3. The van der Waals surface area contributed by atoms with Crippen molar-refractivity contribution in [1.29, 1.82) is 0 Å². The number of hydrogen-bond donors (Lipinski definition) is 1. The van der Waals surface area contributed by atoms with Crippen LogP contribution in [-0.2, 0) is 27.3 Å². The van der Waals surface area contributed by atoms with Crippen LogP contribution < -0.4 is 5.32 Å². The van der Waals surface area contributed by atoms with Gasteiger partial charge in [-0.1, -0.05) is 59.6 Å². The van der Waals surface area contributed by atoms with Gasteiger partial charge < -0.3 is 10.1 Å². The van der Waals surface area contributed by atoms with Gasteiger partial charge in [0.2, 0.25) is 0 Å². The summed E-state index contributed by atoms with van der Waals surface area (Å²) in [4.78, 5) is 24.0. The normalized spacial score (nSPS) is 11.6. The van der Waals surface area contributed by atoms with Crippen molar-refractivity contribution >= 4 is 35.1 Å². The smallest absolute Gasteiger partial charge is 0.311 e. The second kappa shape index (κ2) is 8.71. The van der Waals surface area contributed by atoms with Gasteiger partial charge in [-0.3, -0.25) is 9.59 Å². The number of carbonyl (C=O) groups is 2. The van der Waals surface area contributed by atoms with Crippen LogP contribution in [0.1, 0.15) is 18.1 Å². The van der Waals surface area contributed by atoms with E-state index in [9.17, 15) is 9.59 Å². The fourth-order valence-corrected chi connectivity index (χ4v) is 2.46. The Morgan fingerprint density at radius 2 is 1.54 bits per heavy atom. The second-order valence-electron chi connectivity index (χ2n) is 5.21. The maximum atomic E-state index is 12.0. The molecule has 0 aromatic heterocycles. The summed E-state index contributed by atoms with van der Waals surface area (Å²) in [5.41, 5.74) is 1.45. The first kappa shape index (κ1) is 18.3. The van der Waals surface area contributed by atoms with Crippen LogP contribution in [0, 0.1) is 0 Å². The molecule has 0 saturated carbocycles. The van der Waals surface area contributed by atoms with E-state index in [0.29, 0.717) is 15.6 Å². The number of benzene rings is 2. The van der Waals surface area contributed by atoms with Crippen molar-refractivity contribution in [3.05, 3.63) is 69.7 Å². The molecular formula is C18H17Cl2NO3. The molecule has 0 radical (unpaired) electrons. The molecule has 2 aromatic carbocycles. The highest BCUT2D eigenvalue weighted by Gasteiger charge is 2.18. The molecule has 2 aromatic rings. The van der Waals surface area contributed by atoms with Crippen LogP contribution in [0.4, 0.5) is 0 Å². The number of ether oxygens (including phenoxy) is 1. The molecule has 0 aliphatic carbocycles.